The summed E-state index contributed by atoms with van der Waals surface area (Å²) in [6.45, 7) is 5.02. The third-order valence-corrected chi connectivity index (χ3v) is 5.67. The molecule has 0 aromatic heterocycles. The van der Waals surface area contributed by atoms with Crippen molar-refractivity contribution in [1.82, 2.24) is 0 Å². The lowest BCUT2D eigenvalue weighted by Crippen LogP contribution is -3.00. The van der Waals surface area contributed by atoms with Crippen LogP contribution < -0.4 is 24.0 Å². The molecule has 5 heteroatoms. The van der Waals surface area contributed by atoms with Gasteiger partial charge in [-0.1, -0.05) is 29.8 Å². The first-order valence-electron chi connectivity index (χ1n) is 6.98. The zero-order valence-electron chi connectivity index (χ0n) is 12.3. The van der Waals surface area contributed by atoms with Gasteiger partial charge in [-0.25, -0.2) is 8.42 Å². The third-order valence-electron chi connectivity index (χ3n) is 4.10. The number of hydrogen-bond acceptors (Lipinski definition) is 2. The smallest absolute Gasteiger partial charge is 0.159 e. The quantitative estimate of drug-likeness (QED) is 0.470. The number of nitrogens with zero attached hydrogens (tertiary/aromatic N) is 1. The Kier molecular flexibility index (Phi) is 6.47. The lowest BCUT2D eigenvalue weighted by atomic mass is 10.2. The number of sulfone groups is 1. The van der Waals surface area contributed by atoms with Crippen molar-refractivity contribution < 1.29 is 36.9 Å². The van der Waals surface area contributed by atoms with E-state index in [0.717, 1.165) is 35.2 Å². The van der Waals surface area contributed by atoms with E-state index < -0.39 is 9.84 Å². The summed E-state index contributed by atoms with van der Waals surface area (Å²) in [4.78, 5) is 0. The lowest BCUT2D eigenvalue weighted by Gasteiger charge is -2.28. The first-order valence-corrected chi connectivity index (χ1v) is 8.80. The average molecular weight is 409 g/mol. The summed E-state index contributed by atoms with van der Waals surface area (Å²) in [7, 11) is -0.814. The van der Waals surface area contributed by atoms with Crippen LogP contribution in [0.15, 0.2) is 24.3 Å². The topological polar surface area (TPSA) is 34.1 Å². The van der Waals surface area contributed by atoms with Crippen LogP contribution in [-0.2, 0) is 15.6 Å². The second kappa shape index (κ2) is 7.22. The van der Waals surface area contributed by atoms with Gasteiger partial charge in [0, 0.05) is 12.8 Å². The van der Waals surface area contributed by atoms with E-state index in [4.69, 9.17) is 0 Å². The van der Waals surface area contributed by atoms with Crippen LogP contribution in [0.5, 0.6) is 0 Å². The van der Waals surface area contributed by atoms with Crippen molar-refractivity contribution in [1.29, 1.82) is 0 Å². The Morgan fingerprint density at radius 3 is 2.20 bits per heavy atom. The molecule has 0 bridgehead atoms. The molecule has 1 aromatic rings. The maximum atomic E-state index is 12.2. The molecule has 114 valence electrons. The van der Waals surface area contributed by atoms with Gasteiger partial charge in [0.25, 0.3) is 0 Å². The highest BCUT2D eigenvalue weighted by molar-refractivity contribution is 7.90. The molecule has 0 radical (unpaired) electrons. The molecule has 0 unspecified atom stereocenters. The molecule has 0 aliphatic carbocycles. The van der Waals surface area contributed by atoms with E-state index in [1.165, 1.54) is 12.8 Å². The molecular formula is C15H24INO2S. The number of likely N-dealkylation sites (tertiary alicyclic amines) is 1. The SMILES string of the molecule is Cc1ccc(CS(=O)(=O)CC[N+]2(C)CCCC2)cc1.[I-]. The van der Waals surface area contributed by atoms with Crippen LogP contribution in [-0.4, -0.2) is 45.3 Å². The third kappa shape index (κ3) is 5.33. The van der Waals surface area contributed by atoms with Gasteiger partial charge in [0.05, 0.1) is 38.2 Å². The van der Waals surface area contributed by atoms with E-state index in [0.29, 0.717) is 5.75 Å². The normalized spacial score (nSPS) is 17.7. The van der Waals surface area contributed by atoms with Gasteiger partial charge >= 0.3 is 0 Å². The predicted molar refractivity (Wildman–Crippen MR) is 78.7 cm³/mol. The second-order valence-electron chi connectivity index (χ2n) is 6.08. The van der Waals surface area contributed by atoms with Gasteiger partial charge in [0.15, 0.2) is 9.84 Å². The van der Waals surface area contributed by atoms with Crippen LogP contribution in [0, 0.1) is 6.92 Å². The van der Waals surface area contributed by atoms with E-state index >= 15 is 0 Å². The Bertz CT molecular complexity index is 519. The van der Waals surface area contributed by atoms with Gasteiger partial charge < -0.3 is 28.5 Å². The maximum Gasteiger partial charge on any atom is 0.159 e. The fourth-order valence-corrected chi connectivity index (χ4v) is 4.26. The summed E-state index contributed by atoms with van der Waals surface area (Å²) in [6.07, 6.45) is 2.46. The van der Waals surface area contributed by atoms with Crippen LogP contribution in [0.3, 0.4) is 0 Å². The molecule has 1 aliphatic heterocycles. The molecule has 0 atom stereocenters. The number of halogens is 1. The summed E-state index contributed by atoms with van der Waals surface area (Å²) in [5, 5.41) is 0. The average Bonchev–Trinajstić information content (AvgIpc) is 2.78. The summed E-state index contributed by atoms with van der Waals surface area (Å²) in [6, 6.07) is 7.77. The molecule has 0 amide bonds. The largest absolute Gasteiger partial charge is 1.00 e. The van der Waals surface area contributed by atoms with Crippen LogP contribution >= 0.6 is 0 Å². The molecule has 1 aliphatic rings. The molecule has 3 nitrogen and oxygen atoms in total. The summed E-state index contributed by atoms with van der Waals surface area (Å²) < 4.78 is 25.3. The van der Waals surface area contributed by atoms with Gasteiger partial charge in [-0.05, 0) is 12.5 Å². The van der Waals surface area contributed by atoms with Crippen molar-refractivity contribution in [3.05, 3.63) is 35.4 Å². The minimum atomic E-state index is -2.99. The Morgan fingerprint density at radius 2 is 1.65 bits per heavy atom. The van der Waals surface area contributed by atoms with Crippen molar-refractivity contribution >= 4 is 9.84 Å². The van der Waals surface area contributed by atoms with Crippen molar-refractivity contribution in [2.24, 2.45) is 0 Å². The van der Waals surface area contributed by atoms with Gasteiger partial charge in [0.1, 0.15) is 0 Å². The van der Waals surface area contributed by atoms with Gasteiger partial charge in [-0.2, -0.15) is 0 Å². The maximum absolute atomic E-state index is 12.2. The Labute approximate surface area is 139 Å². The molecule has 0 N–H and O–H groups in total. The van der Waals surface area contributed by atoms with E-state index in [1.807, 2.05) is 31.2 Å². The van der Waals surface area contributed by atoms with E-state index in [2.05, 4.69) is 7.05 Å². The van der Waals surface area contributed by atoms with Crippen molar-refractivity contribution in [3.8, 4) is 0 Å². The van der Waals surface area contributed by atoms with Crippen LogP contribution in [0.25, 0.3) is 0 Å². The Hall–Kier alpha value is -0.140. The van der Waals surface area contributed by atoms with Gasteiger partial charge in [-0.15, -0.1) is 0 Å². The monoisotopic (exact) mass is 409 g/mol. The number of benzene rings is 1. The molecule has 1 heterocycles. The van der Waals surface area contributed by atoms with Gasteiger partial charge in [-0.3, -0.25) is 0 Å². The first kappa shape index (κ1) is 17.9. The highest BCUT2D eigenvalue weighted by atomic mass is 127. The second-order valence-corrected chi connectivity index (χ2v) is 8.26. The summed E-state index contributed by atoms with van der Waals surface area (Å²) >= 11 is 0. The number of rotatable bonds is 5. The number of aryl methyl sites for hydroxylation is 1. The molecular weight excluding hydrogens is 385 g/mol. The van der Waals surface area contributed by atoms with Crippen molar-refractivity contribution in [2.45, 2.75) is 25.5 Å². The molecule has 1 fully saturated rings. The van der Waals surface area contributed by atoms with E-state index in [1.54, 1.807) is 0 Å². The molecule has 0 spiro atoms. The Morgan fingerprint density at radius 1 is 1.10 bits per heavy atom. The molecule has 2 rings (SSSR count). The molecule has 1 saturated heterocycles. The summed E-state index contributed by atoms with van der Waals surface area (Å²) in [5.41, 5.74) is 2.06. The van der Waals surface area contributed by atoms with Crippen LogP contribution in [0.1, 0.15) is 24.0 Å². The fraction of sp³-hybridized carbons (Fsp3) is 0.600. The highest BCUT2D eigenvalue weighted by Crippen LogP contribution is 2.17. The Balaban J connectivity index is 0.00000200. The fourth-order valence-electron chi connectivity index (χ4n) is 2.69. The van der Waals surface area contributed by atoms with Crippen LogP contribution in [0.2, 0.25) is 0 Å². The van der Waals surface area contributed by atoms with Crippen molar-refractivity contribution in [2.75, 3.05) is 32.4 Å². The standard InChI is InChI=1S/C15H24NO2S.HI/c1-14-5-7-15(8-6-14)13-19(17,18)12-11-16(2)9-3-4-10-16;/h5-8H,3-4,9-13H2,1-2H3;1H/q+1;/p-1. The van der Waals surface area contributed by atoms with E-state index in [-0.39, 0.29) is 29.7 Å². The van der Waals surface area contributed by atoms with E-state index in [9.17, 15) is 8.42 Å². The van der Waals surface area contributed by atoms with Gasteiger partial charge in [0.2, 0.25) is 0 Å². The number of quaternary nitrogens is 1. The minimum absolute atomic E-state index is 0. The number of hydrogen-bond donors (Lipinski definition) is 0. The zero-order valence-corrected chi connectivity index (χ0v) is 15.3. The molecule has 0 saturated carbocycles. The highest BCUT2D eigenvalue weighted by Gasteiger charge is 2.28. The summed E-state index contributed by atoms with van der Waals surface area (Å²) in [5.74, 6) is 0.477. The van der Waals surface area contributed by atoms with Crippen molar-refractivity contribution in [3.63, 3.8) is 0 Å². The van der Waals surface area contributed by atoms with Crippen LogP contribution in [0.4, 0.5) is 0 Å². The lowest BCUT2D eigenvalue weighted by molar-refractivity contribution is -0.895. The zero-order chi connectivity index (χ0) is 13.9. The first-order chi connectivity index (χ1) is 8.89. The predicted octanol–water partition coefficient (Wildman–Crippen LogP) is -0.846. The minimum Gasteiger partial charge on any atom is -1.00 e. The molecule has 20 heavy (non-hydrogen) atoms. The molecule has 1 aromatic carbocycles.